The Morgan fingerprint density at radius 3 is 2.91 bits per heavy atom. The summed E-state index contributed by atoms with van der Waals surface area (Å²) in [6.45, 7) is 4.05. The lowest BCUT2D eigenvalue weighted by Gasteiger charge is -2.29. The van der Waals surface area contributed by atoms with Crippen LogP contribution in [0.5, 0.6) is 0 Å². The van der Waals surface area contributed by atoms with Crippen LogP contribution in [0.2, 0.25) is 0 Å². The Kier molecular flexibility index (Phi) is 4.24. The monoisotopic (exact) mass is 300 g/mol. The van der Waals surface area contributed by atoms with Gasteiger partial charge >= 0.3 is 5.97 Å². The normalized spacial score (nSPS) is 19.2. The Bertz CT molecular complexity index is 651. The maximum absolute atomic E-state index is 11.1. The molecular formula is C17H20N2O3. The number of piperidine rings is 1. The van der Waals surface area contributed by atoms with E-state index in [4.69, 9.17) is 9.52 Å². The van der Waals surface area contributed by atoms with Crippen LogP contribution in [0.15, 0.2) is 34.7 Å². The molecule has 1 N–H and O–H groups in total. The molecule has 1 aliphatic rings. The molecule has 0 spiro atoms. The number of hydrogen-bond donors (Lipinski definition) is 1. The molecule has 0 amide bonds. The average Bonchev–Trinajstić information content (AvgIpc) is 2.89. The van der Waals surface area contributed by atoms with E-state index in [2.05, 4.69) is 9.88 Å². The number of rotatable bonds is 4. The number of carboxylic acids is 1. The summed E-state index contributed by atoms with van der Waals surface area (Å²) in [5.41, 5.74) is 1.85. The maximum Gasteiger partial charge on any atom is 0.307 e. The van der Waals surface area contributed by atoms with Crippen molar-refractivity contribution >= 4 is 5.97 Å². The van der Waals surface area contributed by atoms with Gasteiger partial charge in [0.05, 0.1) is 11.6 Å². The molecule has 1 aliphatic heterocycles. The van der Waals surface area contributed by atoms with Crippen LogP contribution in [0, 0.1) is 12.8 Å². The first-order chi connectivity index (χ1) is 10.6. The van der Waals surface area contributed by atoms with Crippen LogP contribution in [-0.2, 0) is 11.3 Å². The zero-order chi connectivity index (χ0) is 15.5. The molecule has 116 valence electrons. The summed E-state index contributed by atoms with van der Waals surface area (Å²) in [7, 11) is 0. The van der Waals surface area contributed by atoms with Crippen molar-refractivity contribution in [3.63, 3.8) is 0 Å². The van der Waals surface area contributed by atoms with Crippen LogP contribution >= 0.6 is 0 Å². The number of likely N-dealkylation sites (tertiary alicyclic amines) is 1. The minimum atomic E-state index is -0.702. The van der Waals surface area contributed by atoms with E-state index in [1.807, 2.05) is 37.3 Å². The lowest BCUT2D eigenvalue weighted by molar-refractivity contribution is -0.143. The lowest BCUT2D eigenvalue weighted by atomic mass is 9.98. The predicted molar refractivity (Wildman–Crippen MR) is 82.3 cm³/mol. The van der Waals surface area contributed by atoms with Gasteiger partial charge in [0.1, 0.15) is 5.76 Å². The SMILES string of the molecule is Cc1oc(-c2ccccc2)nc1CN1CCC[C@@H](C(=O)O)C1. The summed E-state index contributed by atoms with van der Waals surface area (Å²) in [5, 5.41) is 9.17. The summed E-state index contributed by atoms with van der Waals surface area (Å²) in [5.74, 6) is 0.456. The van der Waals surface area contributed by atoms with Crippen molar-refractivity contribution in [2.24, 2.45) is 5.92 Å². The molecule has 0 bridgehead atoms. The van der Waals surface area contributed by atoms with Gasteiger partial charge < -0.3 is 9.52 Å². The summed E-state index contributed by atoms with van der Waals surface area (Å²) in [4.78, 5) is 17.9. The van der Waals surface area contributed by atoms with Crippen LogP contribution in [0.3, 0.4) is 0 Å². The fourth-order valence-corrected chi connectivity index (χ4v) is 2.89. The number of carboxylic acid groups (broad SMARTS) is 1. The molecule has 2 heterocycles. The van der Waals surface area contributed by atoms with Crippen LogP contribution in [0.25, 0.3) is 11.5 Å². The molecule has 0 radical (unpaired) electrons. The molecular weight excluding hydrogens is 280 g/mol. The van der Waals surface area contributed by atoms with E-state index in [1.54, 1.807) is 0 Å². The largest absolute Gasteiger partial charge is 0.481 e. The molecule has 1 atom stereocenters. The third-order valence-corrected chi connectivity index (χ3v) is 4.14. The second-order valence-electron chi connectivity index (χ2n) is 5.80. The zero-order valence-electron chi connectivity index (χ0n) is 12.7. The molecule has 3 rings (SSSR count). The van der Waals surface area contributed by atoms with Crippen LogP contribution in [0.4, 0.5) is 0 Å². The highest BCUT2D eigenvalue weighted by Crippen LogP contribution is 2.24. The number of aryl methyl sites for hydroxylation is 1. The van der Waals surface area contributed by atoms with E-state index >= 15 is 0 Å². The molecule has 1 aromatic heterocycles. The number of aliphatic carboxylic acids is 1. The summed E-state index contributed by atoms with van der Waals surface area (Å²) in [6.07, 6.45) is 1.68. The minimum Gasteiger partial charge on any atom is -0.481 e. The Morgan fingerprint density at radius 2 is 2.18 bits per heavy atom. The number of hydrogen-bond acceptors (Lipinski definition) is 4. The third kappa shape index (κ3) is 3.20. The third-order valence-electron chi connectivity index (χ3n) is 4.14. The van der Waals surface area contributed by atoms with Crippen molar-refractivity contribution in [1.82, 2.24) is 9.88 Å². The van der Waals surface area contributed by atoms with Gasteiger partial charge in [-0.1, -0.05) is 18.2 Å². The van der Waals surface area contributed by atoms with E-state index in [0.29, 0.717) is 19.0 Å². The highest BCUT2D eigenvalue weighted by Gasteiger charge is 2.26. The summed E-state index contributed by atoms with van der Waals surface area (Å²) in [6, 6.07) is 9.81. The molecule has 2 aromatic rings. The van der Waals surface area contributed by atoms with Crippen molar-refractivity contribution in [3.8, 4) is 11.5 Å². The van der Waals surface area contributed by atoms with Gasteiger partial charge in [-0.3, -0.25) is 9.69 Å². The minimum absolute atomic E-state index is 0.269. The van der Waals surface area contributed by atoms with Crippen molar-refractivity contribution < 1.29 is 14.3 Å². The summed E-state index contributed by atoms with van der Waals surface area (Å²) < 4.78 is 5.76. The highest BCUT2D eigenvalue weighted by atomic mass is 16.4. The number of oxazole rings is 1. The lowest BCUT2D eigenvalue weighted by Crippen LogP contribution is -2.38. The van der Waals surface area contributed by atoms with Crippen molar-refractivity contribution in [3.05, 3.63) is 41.8 Å². The smallest absolute Gasteiger partial charge is 0.307 e. The van der Waals surface area contributed by atoms with E-state index in [-0.39, 0.29) is 5.92 Å². The number of nitrogens with zero attached hydrogens (tertiary/aromatic N) is 2. The Hall–Kier alpha value is -2.14. The second-order valence-corrected chi connectivity index (χ2v) is 5.80. The number of carbonyl (C=O) groups is 1. The first kappa shape index (κ1) is 14.8. The van der Waals surface area contributed by atoms with Gasteiger partial charge in [0.15, 0.2) is 0 Å². The van der Waals surface area contributed by atoms with Gasteiger partial charge in [-0.2, -0.15) is 0 Å². The number of aromatic nitrogens is 1. The van der Waals surface area contributed by atoms with Gasteiger partial charge in [-0.25, -0.2) is 4.98 Å². The fraction of sp³-hybridized carbons (Fsp3) is 0.412. The van der Waals surface area contributed by atoms with Gasteiger partial charge in [0, 0.05) is 18.7 Å². The maximum atomic E-state index is 11.1. The van der Waals surface area contributed by atoms with Gasteiger partial charge in [0.25, 0.3) is 0 Å². The molecule has 0 aliphatic carbocycles. The van der Waals surface area contributed by atoms with Crippen molar-refractivity contribution in [1.29, 1.82) is 0 Å². The molecule has 0 unspecified atom stereocenters. The van der Waals surface area contributed by atoms with Gasteiger partial charge in [-0.15, -0.1) is 0 Å². The molecule has 0 saturated carbocycles. The standard InChI is InChI=1S/C17H20N2O3/c1-12-15(11-19-9-5-8-14(10-19)17(20)21)18-16(22-12)13-6-3-2-4-7-13/h2-4,6-7,14H,5,8-11H2,1H3,(H,20,21)/t14-/m1/s1. The fourth-order valence-electron chi connectivity index (χ4n) is 2.89. The van der Waals surface area contributed by atoms with E-state index < -0.39 is 5.97 Å². The van der Waals surface area contributed by atoms with Gasteiger partial charge in [0.2, 0.25) is 5.89 Å². The first-order valence-corrected chi connectivity index (χ1v) is 7.60. The van der Waals surface area contributed by atoms with E-state index in [0.717, 1.165) is 36.4 Å². The second kappa shape index (κ2) is 6.32. The number of benzene rings is 1. The molecule has 1 fully saturated rings. The highest BCUT2D eigenvalue weighted by molar-refractivity contribution is 5.70. The Labute approximate surface area is 129 Å². The van der Waals surface area contributed by atoms with Crippen molar-refractivity contribution in [2.75, 3.05) is 13.1 Å². The van der Waals surface area contributed by atoms with Crippen LogP contribution in [-0.4, -0.2) is 34.0 Å². The average molecular weight is 300 g/mol. The first-order valence-electron chi connectivity index (χ1n) is 7.60. The van der Waals surface area contributed by atoms with Crippen LogP contribution < -0.4 is 0 Å². The molecule has 5 nitrogen and oxygen atoms in total. The Balaban J connectivity index is 1.73. The predicted octanol–water partition coefficient (Wildman–Crippen LogP) is 2.95. The quantitative estimate of drug-likeness (QED) is 0.940. The zero-order valence-corrected chi connectivity index (χ0v) is 12.7. The molecule has 1 aromatic carbocycles. The van der Waals surface area contributed by atoms with Crippen LogP contribution in [0.1, 0.15) is 24.3 Å². The molecule has 22 heavy (non-hydrogen) atoms. The molecule has 5 heteroatoms. The molecule has 1 saturated heterocycles. The Morgan fingerprint density at radius 1 is 1.41 bits per heavy atom. The summed E-state index contributed by atoms with van der Waals surface area (Å²) >= 11 is 0. The van der Waals surface area contributed by atoms with E-state index in [1.165, 1.54) is 0 Å². The van der Waals surface area contributed by atoms with Crippen molar-refractivity contribution in [2.45, 2.75) is 26.3 Å². The van der Waals surface area contributed by atoms with E-state index in [9.17, 15) is 4.79 Å². The topological polar surface area (TPSA) is 66.6 Å². The van der Waals surface area contributed by atoms with Gasteiger partial charge in [-0.05, 0) is 38.4 Å².